The molecule has 0 aliphatic rings. The van der Waals surface area contributed by atoms with Crippen molar-refractivity contribution in [1.29, 1.82) is 0 Å². The minimum atomic E-state index is -2.70. The molecule has 5 heteroatoms. The normalized spacial score (nSPS) is 15.4. The highest BCUT2D eigenvalue weighted by atomic mass is 31.2. The van der Waals surface area contributed by atoms with Crippen LogP contribution in [0, 0.1) is 5.92 Å². The third kappa shape index (κ3) is 10.1. The van der Waals surface area contributed by atoms with Gasteiger partial charge in [-0.1, -0.05) is 53.4 Å². The summed E-state index contributed by atoms with van der Waals surface area (Å²) >= 11 is 0. The first kappa shape index (κ1) is 20.7. The quantitative estimate of drug-likeness (QED) is 0.276. The van der Waals surface area contributed by atoms with Gasteiger partial charge in [0.2, 0.25) is 7.37 Å². The summed E-state index contributed by atoms with van der Waals surface area (Å²) in [5, 5.41) is 0. The molecule has 21 heavy (non-hydrogen) atoms. The van der Waals surface area contributed by atoms with E-state index in [1.54, 1.807) is 6.92 Å². The highest BCUT2D eigenvalue weighted by molar-refractivity contribution is 7.59. The van der Waals surface area contributed by atoms with Crippen molar-refractivity contribution in [2.24, 2.45) is 5.92 Å². The van der Waals surface area contributed by atoms with E-state index < -0.39 is 7.37 Å². The number of carbonyl (C=O) groups is 1. The van der Waals surface area contributed by atoms with Crippen LogP contribution in [0.1, 0.15) is 66.2 Å². The van der Waals surface area contributed by atoms with Gasteiger partial charge in [0.25, 0.3) is 0 Å². The Morgan fingerprint density at radius 3 is 2.10 bits per heavy atom. The Balaban J connectivity index is 4.13. The zero-order chi connectivity index (χ0) is 16.1. The van der Waals surface area contributed by atoms with Gasteiger partial charge in [-0.3, -0.25) is 9.36 Å². The zero-order valence-corrected chi connectivity index (χ0v) is 15.1. The predicted molar refractivity (Wildman–Crippen MR) is 88.1 cm³/mol. The van der Waals surface area contributed by atoms with E-state index in [-0.39, 0.29) is 11.9 Å². The van der Waals surface area contributed by atoms with Crippen LogP contribution in [0.3, 0.4) is 0 Å². The zero-order valence-electron chi connectivity index (χ0n) is 14.2. The summed E-state index contributed by atoms with van der Waals surface area (Å²) in [5.41, 5.74) is 0. The molecular weight excluding hydrogens is 287 g/mol. The lowest BCUT2D eigenvalue weighted by molar-refractivity contribution is -0.147. The molecule has 2 unspecified atom stereocenters. The lowest BCUT2D eigenvalue weighted by Crippen LogP contribution is -2.20. The van der Waals surface area contributed by atoms with E-state index in [9.17, 15) is 9.36 Å². The fourth-order valence-electron chi connectivity index (χ4n) is 2.01. The molecule has 0 heterocycles. The van der Waals surface area contributed by atoms with Crippen molar-refractivity contribution in [2.45, 2.75) is 66.2 Å². The van der Waals surface area contributed by atoms with Crippen LogP contribution >= 0.6 is 7.37 Å². The molecule has 0 aliphatic carbocycles. The van der Waals surface area contributed by atoms with Gasteiger partial charge in [-0.15, -0.1) is 0 Å². The van der Waals surface area contributed by atoms with E-state index in [1.807, 2.05) is 6.92 Å². The Kier molecular flexibility index (Phi) is 12.0. The SMILES string of the molecule is CCCCCOC(=O)C(C)CP(=O)(CC)OCCCCC. The molecule has 0 aromatic carbocycles. The van der Waals surface area contributed by atoms with Gasteiger partial charge in [-0.25, -0.2) is 0 Å². The number of hydrogen-bond acceptors (Lipinski definition) is 4. The molecule has 0 rings (SSSR count). The number of hydrogen-bond donors (Lipinski definition) is 0. The maximum absolute atomic E-state index is 12.6. The van der Waals surface area contributed by atoms with Crippen molar-refractivity contribution in [2.75, 3.05) is 25.5 Å². The number of unbranched alkanes of at least 4 members (excludes halogenated alkanes) is 4. The van der Waals surface area contributed by atoms with Gasteiger partial charge in [0, 0.05) is 12.3 Å². The average molecular weight is 320 g/mol. The molecule has 0 aliphatic heterocycles. The molecular formula is C16H33O4P. The third-order valence-electron chi connectivity index (χ3n) is 3.50. The van der Waals surface area contributed by atoms with Crippen LogP contribution in [-0.4, -0.2) is 31.5 Å². The second-order valence-corrected chi connectivity index (χ2v) is 8.51. The minimum Gasteiger partial charge on any atom is -0.465 e. The molecule has 2 atom stereocenters. The minimum absolute atomic E-state index is 0.253. The first-order valence-electron chi connectivity index (χ1n) is 8.38. The Labute approximate surface area is 130 Å². The summed E-state index contributed by atoms with van der Waals surface area (Å²) in [7, 11) is -2.70. The monoisotopic (exact) mass is 320 g/mol. The fourth-order valence-corrected chi connectivity index (χ4v) is 4.01. The lowest BCUT2D eigenvalue weighted by atomic mass is 10.2. The Bertz CT molecular complexity index is 317. The Hall–Kier alpha value is -0.340. The largest absolute Gasteiger partial charge is 0.465 e. The van der Waals surface area contributed by atoms with Crippen molar-refractivity contribution >= 4 is 13.3 Å². The molecule has 4 nitrogen and oxygen atoms in total. The maximum Gasteiger partial charge on any atom is 0.309 e. The molecule has 0 saturated heterocycles. The van der Waals surface area contributed by atoms with Crippen LogP contribution in [0.15, 0.2) is 0 Å². The summed E-state index contributed by atoms with van der Waals surface area (Å²) in [6, 6.07) is 0. The van der Waals surface area contributed by atoms with Gasteiger partial charge >= 0.3 is 5.97 Å². The summed E-state index contributed by atoms with van der Waals surface area (Å²) in [4.78, 5) is 11.9. The first-order valence-corrected chi connectivity index (χ1v) is 10.4. The molecule has 0 saturated carbocycles. The van der Waals surface area contributed by atoms with Gasteiger partial charge in [-0.2, -0.15) is 0 Å². The van der Waals surface area contributed by atoms with Gasteiger partial charge in [0.05, 0.1) is 19.1 Å². The van der Waals surface area contributed by atoms with Crippen molar-refractivity contribution in [3.05, 3.63) is 0 Å². The van der Waals surface area contributed by atoms with Crippen molar-refractivity contribution in [3.8, 4) is 0 Å². The molecule has 126 valence electrons. The van der Waals surface area contributed by atoms with Crippen LogP contribution < -0.4 is 0 Å². The highest BCUT2D eigenvalue weighted by Gasteiger charge is 2.28. The van der Waals surface area contributed by atoms with E-state index in [0.717, 1.165) is 38.5 Å². The Morgan fingerprint density at radius 1 is 1.00 bits per heavy atom. The van der Waals surface area contributed by atoms with Crippen LogP contribution in [0.5, 0.6) is 0 Å². The van der Waals surface area contributed by atoms with Crippen LogP contribution in [0.2, 0.25) is 0 Å². The average Bonchev–Trinajstić information content (AvgIpc) is 2.48. The number of ether oxygens (including phenoxy) is 1. The molecule has 0 spiro atoms. The number of carbonyl (C=O) groups excluding carboxylic acids is 1. The summed E-state index contributed by atoms with van der Waals surface area (Å²) in [6.45, 7) is 8.86. The van der Waals surface area contributed by atoms with Crippen molar-refractivity contribution < 1.29 is 18.6 Å². The molecule has 0 N–H and O–H groups in total. The van der Waals surface area contributed by atoms with E-state index in [0.29, 0.717) is 25.5 Å². The predicted octanol–water partition coefficient (Wildman–Crippen LogP) is 4.86. The van der Waals surface area contributed by atoms with E-state index in [1.165, 1.54) is 0 Å². The van der Waals surface area contributed by atoms with E-state index >= 15 is 0 Å². The van der Waals surface area contributed by atoms with Crippen LogP contribution in [0.25, 0.3) is 0 Å². The van der Waals surface area contributed by atoms with Gasteiger partial charge in [0.15, 0.2) is 0 Å². The highest BCUT2D eigenvalue weighted by Crippen LogP contribution is 2.48. The maximum atomic E-state index is 12.6. The molecule has 0 fully saturated rings. The van der Waals surface area contributed by atoms with Crippen LogP contribution in [0.4, 0.5) is 0 Å². The summed E-state index contributed by atoms with van der Waals surface area (Å²) in [6.07, 6.45) is 6.96. The van der Waals surface area contributed by atoms with Gasteiger partial charge in [0.1, 0.15) is 0 Å². The molecule has 0 aromatic heterocycles. The first-order chi connectivity index (χ1) is 9.99. The standard InChI is InChI=1S/C16H33O4P/c1-5-8-10-12-19-16(17)15(4)14-21(18,7-3)20-13-11-9-6-2/h15H,5-14H2,1-4H3. The van der Waals surface area contributed by atoms with Crippen molar-refractivity contribution in [3.63, 3.8) is 0 Å². The molecule has 0 radical (unpaired) electrons. The molecule has 0 bridgehead atoms. The Morgan fingerprint density at radius 2 is 1.57 bits per heavy atom. The van der Waals surface area contributed by atoms with E-state index in [4.69, 9.17) is 9.26 Å². The summed E-state index contributed by atoms with van der Waals surface area (Å²) < 4.78 is 23.4. The fraction of sp³-hybridized carbons (Fsp3) is 0.938. The third-order valence-corrected chi connectivity index (χ3v) is 6.22. The number of rotatable bonds is 13. The molecule has 0 aromatic rings. The van der Waals surface area contributed by atoms with Gasteiger partial charge < -0.3 is 9.26 Å². The number of esters is 1. The van der Waals surface area contributed by atoms with Crippen LogP contribution in [-0.2, 0) is 18.6 Å². The van der Waals surface area contributed by atoms with E-state index in [2.05, 4.69) is 13.8 Å². The summed E-state index contributed by atoms with van der Waals surface area (Å²) in [5.74, 6) is -0.611. The smallest absolute Gasteiger partial charge is 0.309 e. The van der Waals surface area contributed by atoms with Crippen molar-refractivity contribution in [1.82, 2.24) is 0 Å². The second-order valence-electron chi connectivity index (χ2n) is 5.63. The topological polar surface area (TPSA) is 52.6 Å². The lowest BCUT2D eigenvalue weighted by Gasteiger charge is -2.20. The molecule has 0 amide bonds. The second kappa shape index (κ2) is 12.2. The van der Waals surface area contributed by atoms with Gasteiger partial charge in [-0.05, 0) is 12.8 Å².